The third-order valence-electron chi connectivity index (χ3n) is 7.83. The number of aliphatic carboxylic acids is 1. The van der Waals surface area contributed by atoms with E-state index in [1.165, 1.54) is 0 Å². The van der Waals surface area contributed by atoms with Gasteiger partial charge in [-0.05, 0) is 99.9 Å². The molecule has 2 aliphatic rings. The van der Waals surface area contributed by atoms with Crippen LogP contribution in [0.2, 0.25) is 0 Å². The van der Waals surface area contributed by atoms with E-state index < -0.39 is 74.5 Å². The zero-order valence-corrected chi connectivity index (χ0v) is 26.9. The van der Waals surface area contributed by atoms with Crippen molar-refractivity contribution in [1.29, 1.82) is 0 Å². The fourth-order valence-corrected chi connectivity index (χ4v) is 7.79. The largest absolute Gasteiger partial charge is 0.481 e. The molecule has 0 aromatic heterocycles. The molecule has 10 nitrogen and oxygen atoms in total. The SMILES string of the molecule is NC(=O)C1CCC(NS(=O)(=O)c2ccc(C(F)(F)F)cc2)CC1.O=C(O)C1CCC(NS(=O)(=O)c2ccc(C(F)(F)F)cc2)CC1.[2H]CF. The van der Waals surface area contributed by atoms with E-state index in [1.807, 2.05) is 0 Å². The van der Waals surface area contributed by atoms with Crippen molar-refractivity contribution in [2.45, 2.75) is 85.6 Å². The first-order chi connectivity index (χ1) is 22.6. The minimum atomic E-state index is -4.52. The first-order valence-corrected chi connectivity index (χ1v) is 17.3. The van der Waals surface area contributed by atoms with Gasteiger partial charge in [0.2, 0.25) is 26.0 Å². The molecule has 2 fully saturated rings. The predicted octanol–water partition coefficient (Wildman–Crippen LogP) is 5.24. The summed E-state index contributed by atoms with van der Waals surface area (Å²) in [5, 5.41) is 8.90. The summed E-state index contributed by atoms with van der Waals surface area (Å²) in [5.41, 5.74) is 3.39. The second-order valence-corrected chi connectivity index (χ2v) is 14.6. The Balaban J connectivity index is 0.000000315. The lowest BCUT2D eigenvalue weighted by Gasteiger charge is -2.27. The third-order valence-corrected chi connectivity index (χ3v) is 10.9. The van der Waals surface area contributed by atoms with Gasteiger partial charge in [0.15, 0.2) is 0 Å². The summed E-state index contributed by atoms with van der Waals surface area (Å²) in [6.45, 7) is 0. The van der Waals surface area contributed by atoms with E-state index in [0.717, 1.165) is 48.5 Å². The zero-order chi connectivity index (χ0) is 37.2. The third kappa shape index (κ3) is 12.0. The Bertz CT molecular complexity index is 1470. The standard InChI is InChI=1S/C14H17F3N2O3S.C14H16F3NO4S.CH3F/c15-14(16,17)10-3-7-12(8-4-10)23(21,22)19-11-5-1-9(2-6-11)13(18)20;15-14(16,17)10-3-7-12(8-4-10)23(21,22)18-11-5-1-9(2-6-11)13(19)20;1-2/h3-4,7-9,11,19H,1-2,5-6H2,(H2,18,20);3-4,7-9,11,18H,1-2,5-6H2,(H,19,20);1H3/i;;1D. The van der Waals surface area contributed by atoms with Crippen LogP contribution >= 0.6 is 0 Å². The van der Waals surface area contributed by atoms with E-state index in [1.54, 1.807) is 0 Å². The number of halogens is 7. The number of carbonyl (C=O) groups excluding carboxylic acids is 1. The Morgan fingerprint density at radius 2 is 0.979 bits per heavy atom. The number of hydrogen-bond acceptors (Lipinski definition) is 6. The molecule has 2 aliphatic carbocycles. The van der Waals surface area contributed by atoms with Crippen molar-refractivity contribution in [3.8, 4) is 0 Å². The average Bonchev–Trinajstić information content (AvgIpc) is 3.01. The summed E-state index contributed by atoms with van der Waals surface area (Å²) in [6.07, 6.45) is -5.60. The molecule has 5 N–H and O–H groups in total. The van der Waals surface area contributed by atoms with Crippen molar-refractivity contribution >= 4 is 31.9 Å². The van der Waals surface area contributed by atoms with Crippen LogP contribution in [0.1, 0.15) is 63.9 Å². The van der Waals surface area contributed by atoms with Gasteiger partial charge in [-0.3, -0.25) is 14.0 Å². The fourth-order valence-electron chi connectivity index (χ4n) is 5.18. The molecule has 0 saturated heterocycles. The highest BCUT2D eigenvalue weighted by Crippen LogP contribution is 2.32. The van der Waals surface area contributed by atoms with Gasteiger partial charge in [-0.1, -0.05) is 0 Å². The van der Waals surface area contributed by atoms with E-state index in [2.05, 4.69) is 9.44 Å². The second kappa shape index (κ2) is 16.9. The number of carboxylic acids is 1. The van der Waals surface area contributed by atoms with Crippen LogP contribution in [0.3, 0.4) is 0 Å². The summed E-state index contributed by atoms with van der Waals surface area (Å²) >= 11 is 0. The minimum Gasteiger partial charge on any atom is -0.481 e. The summed E-state index contributed by atoms with van der Waals surface area (Å²) < 4.78 is 144. The lowest BCUT2D eigenvalue weighted by Crippen LogP contribution is -2.39. The molecule has 0 heterocycles. The fraction of sp³-hybridized carbons (Fsp3) is 0.517. The molecule has 0 radical (unpaired) electrons. The number of benzene rings is 2. The van der Waals surface area contributed by atoms with Gasteiger partial charge < -0.3 is 10.8 Å². The molecule has 270 valence electrons. The molecule has 0 atom stereocenters. The van der Waals surface area contributed by atoms with Crippen LogP contribution in [0, 0.1) is 11.8 Å². The lowest BCUT2D eigenvalue weighted by molar-refractivity contribution is -0.143. The van der Waals surface area contributed by atoms with Crippen LogP contribution in [0.5, 0.6) is 0 Å². The Morgan fingerprint density at radius 1 is 0.688 bits per heavy atom. The number of carboxylic acid groups (broad SMARTS) is 1. The van der Waals surface area contributed by atoms with E-state index >= 15 is 0 Å². The number of nitrogens with one attached hydrogen (secondary N) is 2. The van der Waals surface area contributed by atoms with E-state index in [-0.39, 0.29) is 21.8 Å². The minimum absolute atomic E-state index is 0.220. The molecule has 48 heavy (non-hydrogen) atoms. The maximum Gasteiger partial charge on any atom is 0.416 e. The molecule has 19 heteroatoms. The molecule has 2 aromatic carbocycles. The van der Waals surface area contributed by atoms with Gasteiger partial charge in [0.1, 0.15) is 0 Å². The van der Waals surface area contributed by atoms with Crippen molar-refractivity contribution in [3.05, 3.63) is 59.7 Å². The smallest absolute Gasteiger partial charge is 0.416 e. The Kier molecular flexibility index (Phi) is 13.8. The van der Waals surface area contributed by atoms with Gasteiger partial charge >= 0.3 is 18.3 Å². The van der Waals surface area contributed by atoms with E-state index in [0.29, 0.717) is 51.4 Å². The van der Waals surface area contributed by atoms with Crippen LogP contribution in [-0.2, 0) is 42.0 Å². The second-order valence-electron chi connectivity index (χ2n) is 11.1. The highest BCUT2D eigenvalue weighted by Gasteiger charge is 2.33. The summed E-state index contributed by atoms with van der Waals surface area (Å²) in [4.78, 5) is 21.5. The van der Waals surface area contributed by atoms with Crippen LogP contribution in [0.4, 0.5) is 30.7 Å². The quantitative estimate of drug-likeness (QED) is 0.268. The van der Waals surface area contributed by atoms with Gasteiger partial charge in [-0.15, -0.1) is 0 Å². The first-order valence-electron chi connectivity index (χ1n) is 15.1. The first kappa shape index (κ1) is 39.2. The molecule has 4 rings (SSSR count). The van der Waals surface area contributed by atoms with Crippen molar-refractivity contribution in [1.82, 2.24) is 9.44 Å². The number of amides is 1. The number of sulfonamides is 2. The van der Waals surface area contributed by atoms with Crippen LogP contribution in [0.15, 0.2) is 58.3 Å². The molecule has 0 spiro atoms. The number of nitrogens with two attached hydrogens (primary N) is 1. The summed E-state index contributed by atoms with van der Waals surface area (Å²) in [5.74, 6) is -2.01. The van der Waals surface area contributed by atoms with Gasteiger partial charge in [-0.25, -0.2) is 26.3 Å². The van der Waals surface area contributed by atoms with E-state index in [4.69, 9.17) is 12.2 Å². The molecular weight excluding hydrogens is 699 g/mol. The Labute approximate surface area is 274 Å². The van der Waals surface area contributed by atoms with E-state index in [9.17, 15) is 57.2 Å². The zero-order valence-electron chi connectivity index (χ0n) is 26.2. The van der Waals surface area contributed by atoms with Crippen LogP contribution in [-0.4, -0.2) is 53.1 Å². The number of alkyl halides is 7. The van der Waals surface area contributed by atoms with Crippen molar-refractivity contribution in [2.24, 2.45) is 17.6 Å². The number of primary amides is 1. The molecule has 2 saturated carbocycles. The summed E-state index contributed by atoms with van der Waals surface area (Å²) in [7, 11) is -8.82. The Hall–Kier alpha value is -3.29. The lowest BCUT2D eigenvalue weighted by atomic mass is 9.86. The molecule has 2 aromatic rings. The molecule has 0 bridgehead atoms. The van der Waals surface area contributed by atoms with Crippen molar-refractivity contribution in [2.75, 3.05) is 7.15 Å². The number of carbonyl (C=O) groups is 2. The number of hydrogen-bond donors (Lipinski definition) is 4. The molecule has 0 aliphatic heterocycles. The van der Waals surface area contributed by atoms with Gasteiger partial charge in [0, 0.05) is 18.0 Å². The summed E-state index contributed by atoms with van der Waals surface area (Å²) in [6, 6.07) is 5.83. The molecule has 0 unspecified atom stereocenters. The maximum atomic E-state index is 12.5. The predicted molar refractivity (Wildman–Crippen MR) is 159 cm³/mol. The maximum absolute atomic E-state index is 12.5. The van der Waals surface area contributed by atoms with Crippen LogP contribution < -0.4 is 15.2 Å². The molecular formula is C29H36F7N3O7S2. The highest BCUT2D eigenvalue weighted by molar-refractivity contribution is 7.89. The van der Waals surface area contributed by atoms with Gasteiger partial charge in [-0.2, -0.15) is 26.3 Å². The Morgan fingerprint density at radius 3 is 1.23 bits per heavy atom. The molecule has 1 amide bonds. The topological polar surface area (TPSA) is 173 Å². The van der Waals surface area contributed by atoms with Crippen LogP contribution in [0.25, 0.3) is 0 Å². The average molecular weight is 737 g/mol. The van der Waals surface area contributed by atoms with Crippen molar-refractivity contribution < 1.29 is 63.6 Å². The van der Waals surface area contributed by atoms with Crippen molar-refractivity contribution in [3.63, 3.8) is 0 Å². The normalized spacial score (nSPS) is 22.2. The monoisotopic (exact) mass is 736 g/mol. The highest BCUT2D eigenvalue weighted by atomic mass is 32.2. The van der Waals surface area contributed by atoms with Gasteiger partial charge in [0.25, 0.3) is 0 Å². The van der Waals surface area contributed by atoms with Gasteiger partial charge in [0.05, 0.1) is 35.4 Å². The number of rotatable bonds is 8.